The minimum Gasteiger partial charge on any atom is -0.341 e. The second-order valence-electron chi connectivity index (χ2n) is 9.54. The lowest BCUT2D eigenvalue weighted by Crippen LogP contribution is -2.40. The third-order valence-corrected chi connectivity index (χ3v) is 7.46. The summed E-state index contributed by atoms with van der Waals surface area (Å²) >= 11 is 0. The summed E-state index contributed by atoms with van der Waals surface area (Å²) in [6.07, 6.45) is 0.831. The van der Waals surface area contributed by atoms with Crippen LogP contribution in [-0.2, 0) is 27.8 Å². The molecule has 0 fully saturated rings. The molecule has 0 aliphatic heterocycles. The highest BCUT2D eigenvalue weighted by atomic mass is 32.2. The second kappa shape index (κ2) is 9.24. The highest BCUT2D eigenvalue weighted by Gasteiger charge is 2.21. The number of aryl methyl sites for hydroxylation is 2. The molecule has 1 aromatic heterocycles. The van der Waals surface area contributed by atoms with Crippen molar-refractivity contribution in [2.75, 3.05) is 5.32 Å². The molecule has 0 radical (unpaired) electrons. The van der Waals surface area contributed by atoms with Gasteiger partial charge in [0.2, 0.25) is 15.9 Å². The number of rotatable bonds is 7. The van der Waals surface area contributed by atoms with Gasteiger partial charge < -0.3 is 9.88 Å². The second-order valence-corrected chi connectivity index (χ2v) is 11.2. The fourth-order valence-corrected chi connectivity index (χ4v) is 5.67. The van der Waals surface area contributed by atoms with Crippen LogP contribution in [0.15, 0.2) is 71.6 Å². The predicted molar refractivity (Wildman–Crippen MR) is 139 cm³/mol. The molecule has 1 heterocycles. The number of carbonyl (C=O) groups is 1. The van der Waals surface area contributed by atoms with Crippen molar-refractivity contribution in [3.05, 3.63) is 72.3 Å². The number of fused-ring (bicyclic) bond motifs is 3. The molecule has 0 atom stereocenters. The van der Waals surface area contributed by atoms with Crippen LogP contribution < -0.4 is 10.0 Å². The summed E-state index contributed by atoms with van der Waals surface area (Å²) in [7, 11) is -3.57. The number of anilines is 1. The minimum absolute atomic E-state index is 0.0790. The Morgan fingerprint density at radius 2 is 1.59 bits per heavy atom. The van der Waals surface area contributed by atoms with Gasteiger partial charge in [-0.3, -0.25) is 4.79 Å². The summed E-state index contributed by atoms with van der Waals surface area (Å²) in [4.78, 5) is 12.8. The molecule has 0 spiro atoms. The Morgan fingerprint density at radius 3 is 2.26 bits per heavy atom. The molecule has 0 bridgehead atoms. The van der Waals surface area contributed by atoms with Crippen LogP contribution in [-0.4, -0.2) is 24.4 Å². The SMILES string of the molecule is CCn1c2ccccc2c2cc(NC(=O)CCc3ccc(S(=O)(=O)NC(C)(C)C)cc3)ccc21. The van der Waals surface area contributed by atoms with Crippen LogP contribution in [0.5, 0.6) is 0 Å². The van der Waals surface area contributed by atoms with Crippen molar-refractivity contribution in [1.29, 1.82) is 0 Å². The monoisotopic (exact) mass is 477 g/mol. The third kappa shape index (κ3) is 5.16. The molecule has 34 heavy (non-hydrogen) atoms. The first-order valence-electron chi connectivity index (χ1n) is 11.5. The molecule has 4 aromatic rings. The first kappa shape index (κ1) is 24.0. The van der Waals surface area contributed by atoms with Crippen molar-refractivity contribution in [2.45, 2.75) is 57.5 Å². The third-order valence-electron chi connectivity index (χ3n) is 5.69. The van der Waals surface area contributed by atoms with Gasteiger partial charge in [-0.05, 0) is 76.1 Å². The van der Waals surface area contributed by atoms with E-state index in [0.29, 0.717) is 12.8 Å². The summed E-state index contributed by atoms with van der Waals surface area (Å²) in [5.74, 6) is -0.0790. The number of sulfonamides is 1. The summed E-state index contributed by atoms with van der Waals surface area (Å²) in [5, 5.41) is 5.30. The van der Waals surface area contributed by atoms with E-state index in [1.54, 1.807) is 45.0 Å². The predicted octanol–water partition coefficient (Wildman–Crippen LogP) is 5.46. The summed E-state index contributed by atoms with van der Waals surface area (Å²) in [5.41, 5.74) is 3.46. The van der Waals surface area contributed by atoms with Crippen molar-refractivity contribution in [3.63, 3.8) is 0 Å². The Bertz CT molecular complexity index is 1450. The fourth-order valence-electron chi connectivity index (χ4n) is 4.25. The molecule has 0 aliphatic rings. The minimum atomic E-state index is -3.57. The molecular weight excluding hydrogens is 446 g/mol. The number of nitrogens with zero attached hydrogens (tertiary/aromatic N) is 1. The first-order valence-corrected chi connectivity index (χ1v) is 13.0. The molecule has 3 aromatic carbocycles. The quantitative estimate of drug-likeness (QED) is 0.371. The van der Waals surface area contributed by atoms with E-state index in [2.05, 4.69) is 39.7 Å². The van der Waals surface area contributed by atoms with Crippen LogP contribution in [0.4, 0.5) is 5.69 Å². The Morgan fingerprint density at radius 1 is 0.912 bits per heavy atom. The molecule has 2 N–H and O–H groups in total. The van der Waals surface area contributed by atoms with E-state index in [9.17, 15) is 13.2 Å². The van der Waals surface area contributed by atoms with Gasteiger partial charge in [-0.15, -0.1) is 0 Å². The molecule has 4 rings (SSSR count). The van der Waals surface area contributed by atoms with Crippen LogP contribution >= 0.6 is 0 Å². The summed E-state index contributed by atoms with van der Waals surface area (Å²) < 4.78 is 29.8. The molecule has 178 valence electrons. The van der Waals surface area contributed by atoms with Crippen LogP contribution in [0.2, 0.25) is 0 Å². The lowest BCUT2D eigenvalue weighted by atomic mass is 10.1. The maximum absolute atomic E-state index is 12.6. The number of hydrogen-bond donors (Lipinski definition) is 2. The van der Waals surface area contributed by atoms with Crippen molar-refractivity contribution in [2.24, 2.45) is 0 Å². The first-order chi connectivity index (χ1) is 16.1. The van der Waals surface area contributed by atoms with Gasteiger partial charge in [0.15, 0.2) is 0 Å². The van der Waals surface area contributed by atoms with Gasteiger partial charge in [0.25, 0.3) is 0 Å². The summed E-state index contributed by atoms with van der Waals surface area (Å²) in [6.45, 7) is 8.41. The van der Waals surface area contributed by atoms with E-state index >= 15 is 0 Å². The van der Waals surface area contributed by atoms with E-state index < -0.39 is 15.6 Å². The molecule has 0 saturated carbocycles. The Balaban J connectivity index is 1.43. The number of carbonyl (C=O) groups excluding carboxylic acids is 1. The standard InChI is InChI=1S/C27H31N3O3S/c1-5-30-24-9-7-6-8-22(24)23-18-20(13-16-25(23)30)28-26(31)17-12-19-10-14-21(15-11-19)34(32,33)29-27(2,3)4/h6-11,13-16,18,29H,5,12,17H2,1-4H3,(H,28,31). The summed E-state index contributed by atoms with van der Waals surface area (Å²) in [6, 6.07) is 21.0. The lowest BCUT2D eigenvalue weighted by molar-refractivity contribution is -0.116. The number of aromatic nitrogens is 1. The van der Waals surface area contributed by atoms with Gasteiger partial charge in [-0.25, -0.2) is 13.1 Å². The molecule has 0 unspecified atom stereocenters. The smallest absolute Gasteiger partial charge is 0.241 e. The van der Waals surface area contributed by atoms with Gasteiger partial charge in [-0.1, -0.05) is 30.3 Å². The maximum atomic E-state index is 12.6. The van der Waals surface area contributed by atoms with Gasteiger partial charge >= 0.3 is 0 Å². The number of nitrogens with one attached hydrogen (secondary N) is 2. The van der Waals surface area contributed by atoms with Gasteiger partial charge in [-0.2, -0.15) is 0 Å². The average molecular weight is 478 g/mol. The lowest BCUT2D eigenvalue weighted by Gasteiger charge is -2.20. The van der Waals surface area contributed by atoms with Gasteiger partial charge in [0.1, 0.15) is 0 Å². The zero-order chi connectivity index (χ0) is 24.5. The van der Waals surface area contributed by atoms with E-state index in [1.807, 2.05) is 24.3 Å². The highest BCUT2D eigenvalue weighted by Crippen LogP contribution is 2.31. The number of hydrogen-bond acceptors (Lipinski definition) is 3. The number of benzene rings is 3. The van der Waals surface area contributed by atoms with E-state index in [1.165, 1.54) is 10.9 Å². The topological polar surface area (TPSA) is 80.2 Å². The highest BCUT2D eigenvalue weighted by molar-refractivity contribution is 7.89. The maximum Gasteiger partial charge on any atom is 0.241 e. The van der Waals surface area contributed by atoms with E-state index in [4.69, 9.17) is 0 Å². The van der Waals surface area contributed by atoms with E-state index in [0.717, 1.165) is 28.7 Å². The molecule has 1 amide bonds. The molecule has 6 nitrogen and oxygen atoms in total. The normalized spacial score (nSPS) is 12.4. The largest absolute Gasteiger partial charge is 0.341 e. The van der Waals surface area contributed by atoms with Crippen LogP contribution in [0.1, 0.15) is 39.7 Å². The molecular formula is C27H31N3O3S. The van der Waals surface area contributed by atoms with Crippen molar-refractivity contribution in [3.8, 4) is 0 Å². The van der Waals surface area contributed by atoms with Crippen molar-refractivity contribution >= 4 is 43.4 Å². The molecule has 0 aliphatic carbocycles. The molecule has 0 saturated heterocycles. The Labute approximate surface area is 201 Å². The Kier molecular flexibility index (Phi) is 6.51. The van der Waals surface area contributed by atoms with Gasteiger partial charge in [0.05, 0.1) is 4.90 Å². The number of amides is 1. The average Bonchev–Trinajstić information content (AvgIpc) is 3.09. The van der Waals surface area contributed by atoms with Crippen molar-refractivity contribution in [1.82, 2.24) is 9.29 Å². The fraction of sp³-hybridized carbons (Fsp3) is 0.296. The zero-order valence-electron chi connectivity index (χ0n) is 20.1. The van der Waals surface area contributed by atoms with Crippen LogP contribution in [0.3, 0.4) is 0 Å². The van der Waals surface area contributed by atoms with Crippen LogP contribution in [0, 0.1) is 0 Å². The number of para-hydroxylation sites is 1. The Hall–Kier alpha value is -3.16. The van der Waals surface area contributed by atoms with Crippen molar-refractivity contribution < 1.29 is 13.2 Å². The van der Waals surface area contributed by atoms with E-state index in [-0.39, 0.29) is 10.8 Å². The molecule has 7 heteroatoms. The zero-order valence-corrected chi connectivity index (χ0v) is 20.9. The van der Waals surface area contributed by atoms with Gasteiger partial charge in [0, 0.05) is 46.0 Å². The van der Waals surface area contributed by atoms with Crippen LogP contribution in [0.25, 0.3) is 21.8 Å².